The maximum Gasteiger partial charge on any atom is 0.168 e. The first-order valence-electron chi connectivity index (χ1n) is 5.40. The molecule has 0 atom stereocenters. The van der Waals surface area contributed by atoms with Gasteiger partial charge in [-0.25, -0.2) is 0 Å². The largest absolute Gasteiger partial charge is 0.294 e. The quantitative estimate of drug-likeness (QED) is 0.760. The van der Waals surface area contributed by atoms with Crippen molar-refractivity contribution in [2.24, 2.45) is 0 Å². The van der Waals surface area contributed by atoms with E-state index in [1.807, 2.05) is 24.3 Å². The Kier molecular flexibility index (Phi) is 3.79. The predicted molar refractivity (Wildman–Crippen MR) is 76.0 cm³/mol. The smallest absolute Gasteiger partial charge is 0.168 e. The van der Waals surface area contributed by atoms with Gasteiger partial charge in [-0.2, -0.15) is 0 Å². The van der Waals surface area contributed by atoms with E-state index in [0.29, 0.717) is 6.42 Å². The maximum atomic E-state index is 12.1. The zero-order valence-electron chi connectivity index (χ0n) is 9.79. The van der Waals surface area contributed by atoms with E-state index in [4.69, 9.17) is 0 Å². The molecule has 1 heterocycles. The zero-order chi connectivity index (χ0) is 12.4. The van der Waals surface area contributed by atoms with Gasteiger partial charge in [0.2, 0.25) is 0 Å². The van der Waals surface area contributed by atoms with Crippen LogP contribution in [0.25, 0.3) is 0 Å². The number of hydrogen-bond acceptors (Lipinski definition) is 2. The van der Waals surface area contributed by atoms with Gasteiger partial charge in [0.15, 0.2) is 5.78 Å². The highest BCUT2D eigenvalue weighted by atomic mass is 79.9. The summed E-state index contributed by atoms with van der Waals surface area (Å²) >= 11 is 5.04. The van der Waals surface area contributed by atoms with Gasteiger partial charge in [0, 0.05) is 21.3 Å². The Morgan fingerprint density at radius 2 is 1.88 bits per heavy atom. The second kappa shape index (κ2) is 5.15. The summed E-state index contributed by atoms with van der Waals surface area (Å²) in [5, 5.41) is 2.11. The molecule has 0 amide bonds. The van der Waals surface area contributed by atoms with Gasteiger partial charge in [-0.05, 0) is 42.5 Å². The molecular formula is C14H13BrOS. The van der Waals surface area contributed by atoms with Crippen LogP contribution < -0.4 is 0 Å². The van der Waals surface area contributed by atoms with Gasteiger partial charge < -0.3 is 0 Å². The molecule has 0 unspecified atom stereocenters. The minimum Gasteiger partial charge on any atom is -0.294 e. The molecule has 17 heavy (non-hydrogen) atoms. The molecule has 0 N–H and O–H groups in total. The Balaban J connectivity index is 2.17. The first-order valence-corrected chi connectivity index (χ1v) is 7.07. The molecule has 0 bridgehead atoms. The van der Waals surface area contributed by atoms with Gasteiger partial charge >= 0.3 is 0 Å². The molecule has 0 aliphatic heterocycles. The SMILES string of the molecule is Cc1csc(CC(=O)c2ccc(Br)cc2)c1C. The van der Waals surface area contributed by atoms with Crippen molar-refractivity contribution in [2.45, 2.75) is 20.3 Å². The van der Waals surface area contributed by atoms with Crippen molar-refractivity contribution in [1.82, 2.24) is 0 Å². The van der Waals surface area contributed by atoms with Gasteiger partial charge in [0.25, 0.3) is 0 Å². The van der Waals surface area contributed by atoms with Crippen molar-refractivity contribution < 1.29 is 4.79 Å². The Labute approximate surface area is 114 Å². The maximum absolute atomic E-state index is 12.1. The van der Waals surface area contributed by atoms with Crippen LogP contribution in [0, 0.1) is 13.8 Å². The molecular weight excluding hydrogens is 296 g/mol. The van der Waals surface area contributed by atoms with E-state index >= 15 is 0 Å². The molecule has 0 spiro atoms. The van der Waals surface area contributed by atoms with Crippen LogP contribution in [0.5, 0.6) is 0 Å². The number of rotatable bonds is 3. The predicted octanol–water partition coefficient (Wildman–Crippen LogP) is 4.55. The molecule has 0 saturated carbocycles. The molecule has 88 valence electrons. The monoisotopic (exact) mass is 308 g/mol. The normalized spacial score (nSPS) is 10.5. The molecule has 2 aromatic rings. The van der Waals surface area contributed by atoms with E-state index in [1.165, 1.54) is 16.0 Å². The lowest BCUT2D eigenvalue weighted by Crippen LogP contribution is -2.02. The van der Waals surface area contributed by atoms with Gasteiger partial charge in [-0.15, -0.1) is 11.3 Å². The summed E-state index contributed by atoms with van der Waals surface area (Å²) in [6.45, 7) is 4.16. The van der Waals surface area contributed by atoms with E-state index in [0.717, 1.165) is 10.0 Å². The summed E-state index contributed by atoms with van der Waals surface area (Å²) in [5.41, 5.74) is 3.30. The zero-order valence-corrected chi connectivity index (χ0v) is 12.2. The van der Waals surface area contributed by atoms with Gasteiger partial charge in [-0.3, -0.25) is 4.79 Å². The number of benzene rings is 1. The first kappa shape index (κ1) is 12.5. The highest BCUT2D eigenvalue weighted by Gasteiger charge is 2.11. The molecule has 0 aliphatic carbocycles. The van der Waals surface area contributed by atoms with Crippen LogP contribution in [-0.2, 0) is 6.42 Å². The van der Waals surface area contributed by atoms with Crippen LogP contribution >= 0.6 is 27.3 Å². The number of thiophene rings is 1. The third-order valence-corrected chi connectivity index (χ3v) is 4.61. The van der Waals surface area contributed by atoms with Crippen LogP contribution in [0.3, 0.4) is 0 Å². The minimum atomic E-state index is 0.183. The Bertz CT molecular complexity index is 540. The summed E-state index contributed by atoms with van der Waals surface area (Å²) in [5.74, 6) is 0.183. The molecule has 3 heteroatoms. The Morgan fingerprint density at radius 1 is 1.24 bits per heavy atom. The second-order valence-corrected chi connectivity index (χ2v) is 5.95. The fourth-order valence-electron chi connectivity index (χ4n) is 1.61. The summed E-state index contributed by atoms with van der Waals surface area (Å²) < 4.78 is 0.997. The molecule has 0 fully saturated rings. The standard InChI is InChI=1S/C14H13BrOS/c1-9-8-17-14(10(9)2)7-13(16)11-3-5-12(15)6-4-11/h3-6,8H,7H2,1-2H3. The van der Waals surface area contributed by atoms with Crippen LogP contribution in [-0.4, -0.2) is 5.78 Å². The number of ketones is 1. The van der Waals surface area contributed by atoms with E-state index in [-0.39, 0.29) is 5.78 Å². The van der Waals surface area contributed by atoms with Gasteiger partial charge in [0.1, 0.15) is 0 Å². The third-order valence-electron chi connectivity index (χ3n) is 2.88. The minimum absolute atomic E-state index is 0.183. The Morgan fingerprint density at radius 3 is 2.41 bits per heavy atom. The highest BCUT2D eigenvalue weighted by molar-refractivity contribution is 9.10. The van der Waals surface area contributed by atoms with Crippen LogP contribution in [0.15, 0.2) is 34.1 Å². The lowest BCUT2D eigenvalue weighted by molar-refractivity contribution is 0.0993. The molecule has 1 nitrogen and oxygen atoms in total. The van der Waals surface area contributed by atoms with Gasteiger partial charge in [0.05, 0.1) is 0 Å². The van der Waals surface area contributed by atoms with Crippen LogP contribution in [0.1, 0.15) is 26.4 Å². The summed E-state index contributed by atoms with van der Waals surface area (Å²) in [6.07, 6.45) is 0.506. The summed E-state index contributed by atoms with van der Waals surface area (Å²) in [6, 6.07) is 7.53. The number of aryl methyl sites for hydroxylation is 1. The average molecular weight is 309 g/mol. The van der Waals surface area contributed by atoms with E-state index < -0.39 is 0 Å². The number of Topliss-reactive ketones (excluding diaryl/α,β-unsaturated/α-hetero) is 1. The third kappa shape index (κ3) is 2.85. The van der Waals surface area contributed by atoms with Crippen LogP contribution in [0.2, 0.25) is 0 Å². The van der Waals surface area contributed by atoms with Crippen molar-refractivity contribution in [2.75, 3.05) is 0 Å². The van der Waals surface area contributed by atoms with Crippen molar-refractivity contribution in [1.29, 1.82) is 0 Å². The van der Waals surface area contributed by atoms with Crippen LogP contribution in [0.4, 0.5) is 0 Å². The molecule has 1 aromatic heterocycles. The highest BCUT2D eigenvalue weighted by Crippen LogP contribution is 2.23. The van der Waals surface area contributed by atoms with E-state index in [2.05, 4.69) is 35.2 Å². The fraction of sp³-hybridized carbons (Fsp3) is 0.214. The van der Waals surface area contributed by atoms with Crippen molar-refractivity contribution in [3.05, 3.63) is 55.7 Å². The molecule has 0 radical (unpaired) electrons. The lowest BCUT2D eigenvalue weighted by atomic mass is 10.1. The molecule has 0 aliphatic rings. The van der Waals surface area contributed by atoms with Crippen molar-refractivity contribution in [3.8, 4) is 0 Å². The van der Waals surface area contributed by atoms with Crippen molar-refractivity contribution in [3.63, 3.8) is 0 Å². The fourth-order valence-corrected chi connectivity index (χ4v) is 2.93. The molecule has 1 aromatic carbocycles. The summed E-state index contributed by atoms with van der Waals surface area (Å²) in [7, 11) is 0. The number of halogens is 1. The average Bonchev–Trinajstić information content (AvgIpc) is 2.62. The van der Waals surface area contributed by atoms with E-state index in [1.54, 1.807) is 11.3 Å². The summed E-state index contributed by atoms with van der Waals surface area (Å²) in [4.78, 5) is 13.3. The first-order chi connectivity index (χ1) is 8.08. The van der Waals surface area contributed by atoms with E-state index in [9.17, 15) is 4.79 Å². The number of hydrogen-bond donors (Lipinski definition) is 0. The molecule has 2 rings (SSSR count). The topological polar surface area (TPSA) is 17.1 Å². The Hall–Kier alpha value is -0.930. The molecule has 0 saturated heterocycles. The number of carbonyl (C=O) groups is 1. The van der Waals surface area contributed by atoms with Crippen molar-refractivity contribution >= 4 is 33.0 Å². The second-order valence-electron chi connectivity index (χ2n) is 4.07. The van der Waals surface area contributed by atoms with Gasteiger partial charge in [-0.1, -0.05) is 28.1 Å². The number of carbonyl (C=O) groups excluding carboxylic acids is 1. The lowest BCUT2D eigenvalue weighted by Gasteiger charge is -2.01.